The van der Waals surface area contributed by atoms with E-state index in [4.69, 9.17) is 5.11 Å². The molecule has 1 saturated heterocycles. The van der Waals surface area contributed by atoms with Crippen molar-refractivity contribution < 1.29 is 19.5 Å². The maximum atomic E-state index is 11.9. The standard InChI is InChI=1S/C13H22N2O4/c1-8(2)5-10(13(18)19)7-15-12(17)9-3-4-11(16)14-6-9/h8-10H,3-7H2,1-2H3,(H,14,16)(H,15,17)(H,18,19). The molecule has 1 aliphatic heterocycles. The Morgan fingerprint density at radius 3 is 2.63 bits per heavy atom. The highest BCUT2D eigenvalue weighted by Crippen LogP contribution is 2.13. The van der Waals surface area contributed by atoms with Crippen molar-refractivity contribution in [3.8, 4) is 0 Å². The van der Waals surface area contributed by atoms with Crippen LogP contribution in [0.25, 0.3) is 0 Å². The average molecular weight is 270 g/mol. The summed E-state index contributed by atoms with van der Waals surface area (Å²) in [4.78, 5) is 33.9. The minimum Gasteiger partial charge on any atom is -0.481 e. The van der Waals surface area contributed by atoms with Gasteiger partial charge in [0.1, 0.15) is 0 Å². The van der Waals surface area contributed by atoms with Gasteiger partial charge in [-0.2, -0.15) is 0 Å². The van der Waals surface area contributed by atoms with Gasteiger partial charge in [-0.3, -0.25) is 14.4 Å². The molecule has 0 saturated carbocycles. The number of nitrogens with one attached hydrogen (secondary N) is 2. The molecule has 0 spiro atoms. The third kappa shape index (κ3) is 5.28. The van der Waals surface area contributed by atoms with E-state index in [0.717, 1.165) is 0 Å². The van der Waals surface area contributed by atoms with Gasteiger partial charge in [0.2, 0.25) is 11.8 Å². The molecule has 0 aliphatic carbocycles. The second-order valence-electron chi connectivity index (χ2n) is 5.45. The molecule has 2 atom stereocenters. The lowest BCUT2D eigenvalue weighted by Gasteiger charge is -2.23. The largest absolute Gasteiger partial charge is 0.481 e. The van der Waals surface area contributed by atoms with Gasteiger partial charge in [-0.05, 0) is 18.8 Å². The Hall–Kier alpha value is -1.59. The zero-order valence-corrected chi connectivity index (χ0v) is 11.4. The van der Waals surface area contributed by atoms with Crippen LogP contribution in [0.1, 0.15) is 33.1 Å². The molecule has 1 heterocycles. The summed E-state index contributed by atoms with van der Waals surface area (Å²) in [6, 6.07) is 0. The molecule has 2 amide bonds. The summed E-state index contributed by atoms with van der Waals surface area (Å²) in [6.45, 7) is 4.40. The molecule has 6 nitrogen and oxygen atoms in total. The van der Waals surface area contributed by atoms with Gasteiger partial charge in [0.25, 0.3) is 0 Å². The Labute approximate surface area is 112 Å². The van der Waals surface area contributed by atoms with Crippen molar-refractivity contribution in [2.24, 2.45) is 17.8 Å². The highest BCUT2D eigenvalue weighted by molar-refractivity contribution is 5.84. The monoisotopic (exact) mass is 270 g/mol. The van der Waals surface area contributed by atoms with E-state index in [9.17, 15) is 14.4 Å². The van der Waals surface area contributed by atoms with Crippen LogP contribution < -0.4 is 10.6 Å². The fourth-order valence-electron chi connectivity index (χ4n) is 2.17. The van der Waals surface area contributed by atoms with Gasteiger partial charge in [-0.25, -0.2) is 0 Å². The summed E-state index contributed by atoms with van der Waals surface area (Å²) in [7, 11) is 0. The zero-order valence-electron chi connectivity index (χ0n) is 11.4. The maximum absolute atomic E-state index is 11.9. The van der Waals surface area contributed by atoms with Crippen LogP contribution in [-0.2, 0) is 14.4 Å². The molecule has 108 valence electrons. The van der Waals surface area contributed by atoms with Crippen LogP contribution >= 0.6 is 0 Å². The lowest BCUT2D eigenvalue weighted by Crippen LogP contribution is -2.44. The molecule has 3 N–H and O–H groups in total. The van der Waals surface area contributed by atoms with E-state index < -0.39 is 11.9 Å². The van der Waals surface area contributed by atoms with Crippen LogP contribution in [0.3, 0.4) is 0 Å². The van der Waals surface area contributed by atoms with Gasteiger partial charge in [0, 0.05) is 19.5 Å². The quantitative estimate of drug-likeness (QED) is 0.650. The van der Waals surface area contributed by atoms with Crippen LogP contribution in [0, 0.1) is 17.8 Å². The highest BCUT2D eigenvalue weighted by Gasteiger charge is 2.26. The minimum atomic E-state index is -0.883. The lowest BCUT2D eigenvalue weighted by atomic mass is 9.95. The number of carbonyl (C=O) groups is 3. The molecule has 0 aromatic carbocycles. The van der Waals surface area contributed by atoms with E-state index in [-0.39, 0.29) is 30.2 Å². The third-order valence-corrected chi connectivity index (χ3v) is 3.26. The summed E-state index contributed by atoms with van der Waals surface area (Å²) < 4.78 is 0. The van der Waals surface area contributed by atoms with Gasteiger partial charge < -0.3 is 15.7 Å². The van der Waals surface area contributed by atoms with Crippen LogP contribution in [-0.4, -0.2) is 36.0 Å². The van der Waals surface area contributed by atoms with Crippen LogP contribution in [0.15, 0.2) is 0 Å². The first-order valence-electron chi connectivity index (χ1n) is 6.67. The normalized spacial score (nSPS) is 20.8. The Bertz CT molecular complexity index is 345. The molecule has 2 unspecified atom stereocenters. The first kappa shape index (κ1) is 15.5. The Balaban J connectivity index is 2.39. The maximum Gasteiger partial charge on any atom is 0.308 e. The van der Waals surface area contributed by atoms with Crippen molar-refractivity contribution in [1.29, 1.82) is 0 Å². The van der Waals surface area contributed by atoms with E-state index >= 15 is 0 Å². The summed E-state index contributed by atoms with van der Waals surface area (Å²) in [5, 5.41) is 14.4. The van der Waals surface area contributed by atoms with Crippen LogP contribution in [0.2, 0.25) is 0 Å². The van der Waals surface area contributed by atoms with Gasteiger partial charge >= 0.3 is 5.97 Å². The van der Waals surface area contributed by atoms with E-state index in [1.54, 1.807) is 0 Å². The third-order valence-electron chi connectivity index (χ3n) is 3.26. The van der Waals surface area contributed by atoms with Crippen LogP contribution in [0.4, 0.5) is 0 Å². The van der Waals surface area contributed by atoms with Crippen molar-refractivity contribution in [3.63, 3.8) is 0 Å². The molecule has 6 heteroatoms. The van der Waals surface area contributed by atoms with E-state index in [1.807, 2.05) is 13.8 Å². The molecular formula is C13H22N2O4. The van der Waals surface area contributed by atoms with Gasteiger partial charge in [0.05, 0.1) is 11.8 Å². The van der Waals surface area contributed by atoms with Crippen molar-refractivity contribution in [2.75, 3.05) is 13.1 Å². The van der Waals surface area contributed by atoms with Gasteiger partial charge in [-0.1, -0.05) is 13.8 Å². The molecule has 0 aromatic heterocycles. The predicted molar refractivity (Wildman–Crippen MR) is 69.3 cm³/mol. The molecule has 1 rings (SSSR count). The fourth-order valence-corrected chi connectivity index (χ4v) is 2.17. The van der Waals surface area contributed by atoms with E-state index in [1.165, 1.54) is 0 Å². The summed E-state index contributed by atoms with van der Waals surface area (Å²) in [6.07, 6.45) is 1.42. The van der Waals surface area contributed by atoms with E-state index in [0.29, 0.717) is 25.8 Å². The molecule has 0 radical (unpaired) electrons. The zero-order chi connectivity index (χ0) is 14.4. The molecular weight excluding hydrogens is 248 g/mol. The number of hydrogen-bond donors (Lipinski definition) is 3. The highest BCUT2D eigenvalue weighted by atomic mass is 16.4. The molecule has 0 bridgehead atoms. The summed E-state index contributed by atoms with van der Waals surface area (Å²) >= 11 is 0. The number of amides is 2. The van der Waals surface area contributed by atoms with Crippen LogP contribution in [0.5, 0.6) is 0 Å². The van der Waals surface area contributed by atoms with Gasteiger partial charge in [-0.15, -0.1) is 0 Å². The van der Waals surface area contributed by atoms with Crippen molar-refractivity contribution in [2.45, 2.75) is 33.1 Å². The number of rotatable bonds is 6. The summed E-state index contributed by atoms with van der Waals surface area (Å²) in [5.41, 5.74) is 0. The molecule has 1 aliphatic rings. The molecule has 1 fully saturated rings. The molecule has 19 heavy (non-hydrogen) atoms. The van der Waals surface area contributed by atoms with Gasteiger partial charge in [0.15, 0.2) is 0 Å². The number of carboxylic acid groups (broad SMARTS) is 1. The van der Waals surface area contributed by atoms with E-state index in [2.05, 4.69) is 10.6 Å². The Morgan fingerprint density at radius 2 is 2.16 bits per heavy atom. The first-order valence-corrected chi connectivity index (χ1v) is 6.67. The lowest BCUT2D eigenvalue weighted by molar-refractivity contribution is -0.142. The topological polar surface area (TPSA) is 95.5 Å². The number of carboxylic acids is 1. The average Bonchev–Trinajstić information content (AvgIpc) is 2.34. The summed E-state index contributed by atoms with van der Waals surface area (Å²) in [5.74, 6) is -1.62. The van der Waals surface area contributed by atoms with Crippen molar-refractivity contribution in [1.82, 2.24) is 10.6 Å². The predicted octanol–water partition coefficient (Wildman–Crippen LogP) is 0.376. The second-order valence-corrected chi connectivity index (χ2v) is 5.45. The second kappa shape index (κ2) is 7.11. The fraction of sp³-hybridized carbons (Fsp3) is 0.769. The van der Waals surface area contributed by atoms with Crippen molar-refractivity contribution >= 4 is 17.8 Å². The first-order chi connectivity index (χ1) is 8.90. The smallest absolute Gasteiger partial charge is 0.308 e. The number of hydrogen-bond acceptors (Lipinski definition) is 3. The number of piperidine rings is 1. The van der Waals surface area contributed by atoms with Crippen molar-refractivity contribution in [3.05, 3.63) is 0 Å². The Morgan fingerprint density at radius 1 is 1.47 bits per heavy atom. The number of aliphatic carboxylic acids is 1. The minimum absolute atomic E-state index is 0.0349. The molecule has 0 aromatic rings. The SMILES string of the molecule is CC(C)CC(CNC(=O)C1CCC(=O)NC1)C(=O)O. The Kier molecular flexibility index (Phi) is 5.79. The number of carbonyl (C=O) groups excluding carboxylic acids is 2.